The summed E-state index contributed by atoms with van der Waals surface area (Å²) in [6.07, 6.45) is 4.53. The number of carbonyl (C=O) groups excluding carboxylic acids is 3. The lowest BCUT2D eigenvalue weighted by atomic mass is 9.87. The molecule has 2 aliphatic rings. The number of carbonyl (C=O) groups is 3. The number of amides is 3. The number of thiophene rings is 1. The van der Waals surface area contributed by atoms with Crippen LogP contribution in [-0.2, 0) is 4.79 Å². The molecular formula is C26H33N3O3S. The van der Waals surface area contributed by atoms with Gasteiger partial charge in [0.05, 0.1) is 4.88 Å². The van der Waals surface area contributed by atoms with Gasteiger partial charge in [0.15, 0.2) is 0 Å². The summed E-state index contributed by atoms with van der Waals surface area (Å²) in [6, 6.07) is 10.9. The smallest absolute Gasteiger partial charge is 0.262 e. The molecule has 0 saturated carbocycles. The van der Waals surface area contributed by atoms with Crippen molar-refractivity contribution in [3.8, 4) is 0 Å². The molecule has 2 atom stereocenters. The summed E-state index contributed by atoms with van der Waals surface area (Å²) in [5.41, 5.74) is 1.77. The van der Waals surface area contributed by atoms with Crippen molar-refractivity contribution in [3.63, 3.8) is 0 Å². The summed E-state index contributed by atoms with van der Waals surface area (Å²) in [5, 5.41) is 4.94. The second kappa shape index (κ2) is 10.5. The Labute approximate surface area is 200 Å². The molecule has 2 unspecified atom stereocenters. The largest absolute Gasteiger partial charge is 0.339 e. The third kappa shape index (κ3) is 5.46. The molecule has 0 spiro atoms. The van der Waals surface area contributed by atoms with Crippen LogP contribution in [0.1, 0.15) is 64.6 Å². The predicted molar refractivity (Wildman–Crippen MR) is 130 cm³/mol. The Morgan fingerprint density at radius 3 is 2.48 bits per heavy atom. The van der Waals surface area contributed by atoms with Gasteiger partial charge in [0.2, 0.25) is 5.91 Å². The highest BCUT2D eigenvalue weighted by Crippen LogP contribution is 2.26. The molecular weight excluding hydrogens is 434 g/mol. The van der Waals surface area contributed by atoms with Gasteiger partial charge in [0, 0.05) is 31.2 Å². The van der Waals surface area contributed by atoms with Crippen LogP contribution in [0.25, 0.3) is 0 Å². The van der Waals surface area contributed by atoms with Gasteiger partial charge in [-0.3, -0.25) is 14.4 Å². The van der Waals surface area contributed by atoms with Gasteiger partial charge in [-0.25, -0.2) is 0 Å². The fraction of sp³-hybridized carbons (Fsp3) is 0.500. The van der Waals surface area contributed by atoms with Gasteiger partial charge in [0.25, 0.3) is 11.8 Å². The molecule has 176 valence electrons. The van der Waals surface area contributed by atoms with E-state index in [1.165, 1.54) is 11.3 Å². The summed E-state index contributed by atoms with van der Waals surface area (Å²) in [5.74, 6) is -0.119. The topological polar surface area (TPSA) is 69.7 Å². The number of nitrogens with zero attached hydrogens (tertiary/aromatic N) is 2. The van der Waals surface area contributed by atoms with Crippen LogP contribution < -0.4 is 5.32 Å². The predicted octanol–water partition coefficient (Wildman–Crippen LogP) is 4.11. The van der Waals surface area contributed by atoms with E-state index in [-0.39, 0.29) is 29.7 Å². The van der Waals surface area contributed by atoms with Crippen molar-refractivity contribution in [3.05, 3.63) is 57.8 Å². The average molecular weight is 468 g/mol. The van der Waals surface area contributed by atoms with E-state index in [1.807, 2.05) is 52.4 Å². The number of likely N-dealkylation sites (tertiary alicyclic amines) is 2. The molecule has 7 heteroatoms. The molecule has 1 aromatic carbocycles. The molecule has 2 fully saturated rings. The van der Waals surface area contributed by atoms with Gasteiger partial charge in [0.1, 0.15) is 6.04 Å². The second-order valence-corrected chi connectivity index (χ2v) is 10.3. The van der Waals surface area contributed by atoms with E-state index >= 15 is 0 Å². The first-order chi connectivity index (χ1) is 15.9. The first-order valence-electron chi connectivity index (χ1n) is 11.9. The summed E-state index contributed by atoms with van der Waals surface area (Å²) in [6.45, 7) is 6.00. The molecule has 1 N–H and O–H groups in total. The van der Waals surface area contributed by atoms with E-state index in [2.05, 4.69) is 12.2 Å². The fourth-order valence-electron chi connectivity index (χ4n) is 5.00. The molecule has 2 aromatic rings. The summed E-state index contributed by atoms with van der Waals surface area (Å²) in [4.78, 5) is 43.9. The quantitative estimate of drug-likeness (QED) is 0.720. The lowest BCUT2D eigenvalue weighted by Crippen LogP contribution is -2.57. The molecule has 3 amide bonds. The molecule has 0 bridgehead atoms. The van der Waals surface area contributed by atoms with E-state index in [1.54, 1.807) is 6.07 Å². The SMILES string of the molecule is Cc1cccc(C(=O)N2CCC(C(NC(=O)c3cccs3)C(=O)N3CCCCC3C)CC2)c1. The number of hydrogen-bond donors (Lipinski definition) is 1. The average Bonchev–Trinajstić information content (AvgIpc) is 3.37. The van der Waals surface area contributed by atoms with E-state index < -0.39 is 6.04 Å². The normalized spacial score (nSPS) is 20.4. The number of hydrogen-bond acceptors (Lipinski definition) is 4. The van der Waals surface area contributed by atoms with Crippen molar-refractivity contribution < 1.29 is 14.4 Å². The molecule has 0 radical (unpaired) electrons. The van der Waals surface area contributed by atoms with Gasteiger partial charge in [-0.2, -0.15) is 0 Å². The molecule has 3 heterocycles. The maximum absolute atomic E-state index is 13.6. The van der Waals surface area contributed by atoms with Crippen LogP contribution in [0.4, 0.5) is 0 Å². The second-order valence-electron chi connectivity index (χ2n) is 9.30. The van der Waals surface area contributed by atoms with Crippen LogP contribution in [0, 0.1) is 12.8 Å². The fourth-order valence-corrected chi connectivity index (χ4v) is 5.63. The molecule has 4 rings (SSSR count). The van der Waals surface area contributed by atoms with Crippen molar-refractivity contribution in [2.45, 2.75) is 58.0 Å². The third-order valence-corrected chi connectivity index (χ3v) is 7.82. The summed E-state index contributed by atoms with van der Waals surface area (Å²) < 4.78 is 0. The highest BCUT2D eigenvalue weighted by molar-refractivity contribution is 7.12. The monoisotopic (exact) mass is 467 g/mol. The van der Waals surface area contributed by atoms with Crippen LogP contribution in [0.15, 0.2) is 41.8 Å². The highest BCUT2D eigenvalue weighted by Gasteiger charge is 2.38. The van der Waals surface area contributed by atoms with Crippen molar-refractivity contribution in [2.75, 3.05) is 19.6 Å². The molecule has 0 aliphatic carbocycles. The van der Waals surface area contributed by atoms with Crippen LogP contribution >= 0.6 is 11.3 Å². The highest BCUT2D eigenvalue weighted by atomic mass is 32.1. The standard InChI is InChI=1S/C26H33N3O3S/c1-18-7-5-9-21(17-18)25(31)28-14-11-20(12-15-28)23(27-24(30)22-10-6-16-33-22)26(32)29-13-4-3-8-19(29)2/h5-7,9-10,16-17,19-20,23H,3-4,8,11-15H2,1-2H3,(H,27,30). The molecule has 6 nitrogen and oxygen atoms in total. The number of piperidine rings is 2. The Hall–Kier alpha value is -2.67. The number of aryl methyl sites for hydroxylation is 1. The van der Waals surface area contributed by atoms with Gasteiger partial charge in [-0.15, -0.1) is 11.3 Å². The number of benzene rings is 1. The zero-order valence-corrected chi connectivity index (χ0v) is 20.3. The van der Waals surface area contributed by atoms with Gasteiger partial charge in [-0.05, 0) is 75.4 Å². The maximum Gasteiger partial charge on any atom is 0.262 e. The van der Waals surface area contributed by atoms with E-state index in [9.17, 15) is 14.4 Å². The molecule has 1 aromatic heterocycles. The zero-order valence-electron chi connectivity index (χ0n) is 19.5. The van der Waals surface area contributed by atoms with Crippen LogP contribution in [0.5, 0.6) is 0 Å². The Morgan fingerprint density at radius 2 is 1.82 bits per heavy atom. The van der Waals surface area contributed by atoms with Crippen molar-refractivity contribution >= 4 is 29.1 Å². The van der Waals surface area contributed by atoms with Crippen molar-refractivity contribution in [1.29, 1.82) is 0 Å². The lowest BCUT2D eigenvalue weighted by molar-refractivity contribution is -0.138. The zero-order chi connectivity index (χ0) is 23.4. The van der Waals surface area contributed by atoms with Crippen LogP contribution in [0.2, 0.25) is 0 Å². The number of nitrogens with one attached hydrogen (secondary N) is 1. The first-order valence-corrected chi connectivity index (χ1v) is 12.8. The van der Waals surface area contributed by atoms with Gasteiger partial charge in [-0.1, -0.05) is 23.8 Å². The first kappa shape index (κ1) is 23.5. The Kier molecular flexibility index (Phi) is 7.48. The molecule has 2 aliphatic heterocycles. The van der Waals surface area contributed by atoms with E-state index in [4.69, 9.17) is 0 Å². The Bertz CT molecular complexity index is 982. The minimum atomic E-state index is -0.559. The van der Waals surface area contributed by atoms with Gasteiger partial charge >= 0.3 is 0 Å². The maximum atomic E-state index is 13.6. The van der Waals surface area contributed by atoms with Crippen molar-refractivity contribution in [2.24, 2.45) is 5.92 Å². The summed E-state index contributed by atoms with van der Waals surface area (Å²) in [7, 11) is 0. The Balaban J connectivity index is 1.47. The van der Waals surface area contributed by atoms with Crippen LogP contribution in [0.3, 0.4) is 0 Å². The third-order valence-electron chi connectivity index (χ3n) is 6.95. The van der Waals surface area contributed by atoms with Crippen LogP contribution in [-0.4, -0.2) is 59.2 Å². The molecule has 2 saturated heterocycles. The minimum absolute atomic E-state index is 0.0112. The number of rotatable bonds is 5. The lowest BCUT2D eigenvalue weighted by Gasteiger charge is -2.40. The van der Waals surface area contributed by atoms with Gasteiger partial charge < -0.3 is 15.1 Å². The Morgan fingerprint density at radius 1 is 1.03 bits per heavy atom. The van der Waals surface area contributed by atoms with Crippen molar-refractivity contribution in [1.82, 2.24) is 15.1 Å². The minimum Gasteiger partial charge on any atom is -0.339 e. The summed E-state index contributed by atoms with van der Waals surface area (Å²) >= 11 is 1.38. The van der Waals surface area contributed by atoms with E-state index in [0.29, 0.717) is 36.4 Å². The van der Waals surface area contributed by atoms with E-state index in [0.717, 1.165) is 31.4 Å². The molecule has 33 heavy (non-hydrogen) atoms.